The molecule has 0 aliphatic carbocycles. The van der Waals surface area contributed by atoms with Gasteiger partial charge in [0.1, 0.15) is 0 Å². The summed E-state index contributed by atoms with van der Waals surface area (Å²) in [5.74, 6) is -1.01. The molecule has 114 valence electrons. The van der Waals surface area contributed by atoms with Gasteiger partial charge in [0.05, 0.1) is 0 Å². The maximum absolute atomic E-state index is 11.2. The number of benzene rings is 2. The van der Waals surface area contributed by atoms with Crippen molar-refractivity contribution < 1.29 is 19.1 Å². The van der Waals surface area contributed by atoms with Crippen molar-refractivity contribution in [2.24, 2.45) is 0 Å². The average Bonchev–Trinajstić information content (AvgIpc) is 2.46. The second-order valence-corrected chi connectivity index (χ2v) is 5.01. The van der Waals surface area contributed by atoms with Gasteiger partial charge >= 0.3 is 11.9 Å². The van der Waals surface area contributed by atoms with E-state index in [0.717, 1.165) is 16.3 Å². The number of fused-ring (bicyclic) bond motifs is 1. The van der Waals surface area contributed by atoms with Crippen molar-refractivity contribution in [3.8, 4) is 0 Å². The molecule has 0 aliphatic rings. The van der Waals surface area contributed by atoms with Crippen LogP contribution in [0.2, 0.25) is 0 Å². The Hall–Kier alpha value is -2.62. The van der Waals surface area contributed by atoms with E-state index in [0.29, 0.717) is 5.57 Å². The Morgan fingerprint density at radius 3 is 2.14 bits per heavy atom. The topological polar surface area (TPSA) is 52.6 Å². The molecule has 2 rings (SSSR count). The Balaban J connectivity index is 2.39. The van der Waals surface area contributed by atoms with Crippen molar-refractivity contribution in [1.29, 1.82) is 0 Å². The second-order valence-electron chi connectivity index (χ2n) is 5.01. The normalized spacial score (nSPS) is 11.5. The van der Waals surface area contributed by atoms with E-state index in [4.69, 9.17) is 9.47 Å². The molecule has 0 aliphatic heterocycles. The van der Waals surface area contributed by atoms with Crippen LogP contribution in [-0.2, 0) is 19.1 Å². The molecule has 0 aromatic heterocycles. The minimum absolute atomic E-state index is 0.503. The van der Waals surface area contributed by atoms with Crippen LogP contribution in [0.4, 0.5) is 0 Å². The van der Waals surface area contributed by atoms with Gasteiger partial charge in [-0.15, -0.1) is 0 Å². The first kappa shape index (κ1) is 15.8. The van der Waals surface area contributed by atoms with Crippen LogP contribution in [0.15, 0.2) is 48.0 Å². The molecule has 0 amide bonds. The third kappa shape index (κ3) is 3.95. The van der Waals surface area contributed by atoms with Gasteiger partial charge in [0, 0.05) is 19.4 Å². The Kier molecular flexibility index (Phi) is 4.94. The Bertz CT molecular complexity index is 709. The Morgan fingerprint density at radius 1 is 0.909 bits per heavy atom. The number of esters is 2. The molecule has 22 heavy (non-hydrogen) atoms. The van der Waals surface area contributed by atoms with Gasteiger partial charge in [-0.25, -0.2) is 0 Å². The number of carbonyl (C=O) groups is 2. The first-order valence-electron chi connectivity index (χ1n) is 6.98. The van der Waals surface area contributed by atoms with Crippen molar-refractivity contribution in [3.63, 3.8) is 0 Å². The molecule has 0 N–H and O–H groups in total. The fourth-order valence-corrected chi connectivity index (χ4v) is 2.20. The van der Waals surface area contributed by atoms with E-state index in [1.54, 1.807) is 6.92 Å². The quantitative estimate of drug-likeness (QED) is 0.638. The van der Waals surface area contributed by atoms with Crippen molar-refractivity contribution in [2.45, 2.75) is 27.1 Å². The summed E-state index contributed by atoms with van der Waals surface area (Å²) in [7, 11) is 0. The summed E-state index contributed by atoms with van der Waals surface area (Å²) in [6, 6.07) is 13.9. The fourth-order valence-electron chi connectivity index (χ4n) is 2.20. The van der Waals surface area contributed by atoms with E-state index in [1.807, 2.05) is 48.5 Å². The number of rotatable bonds is 4. The predicted molar refractivity (Wildman–Crippen MR) is 84.9 cm³/mol. The Morgan fingerprint density at radius 2 is 1.50 bits per heavy atom. The highest BCUT2D eigenvalue weighted by molar-refractivity contribution is 5.90. The largest absolute Gasteiger partial charge is 0.421 e. The molecule has 0 bridgehead atoms. The first-order chi connectivity index (χ1) is 10.5. The average molecular weight is 298 g/mol. The molecule has 2 aromatic carbocycles. The lowest BCUT2D eigenvalue weighted by molar-refractivity contribution is -0.177. The van der Waals surface area contributed by atoms with Gasteiger partial charge in [-0.05, 0) is 29.3 Å². The molecule has 0 spiro atoms. The molecule has 0 saturated heterocycles. The lowest BCUT2D eigenvalue weighted by atomic mass is 10.0. The lowest BCUT2D eigenvalue weighted by Crippen LogP contribution is -2.23. The number of ether oxygens (including phenoxy) is 2. The summed E-state index contributed by atoms with van der Waals surface area (Å²) in [5, 5.41) is 2.19. The van der Waals surface area contributed by atoms with Crippen LogP contribution >= 0.6 is 0 Å². The number of hydrogen-bond acceptors (Lipinski definition) is 4. The van der Waals surface area contributed by atoms with Crippen molar-refractivity contribution in [2.75, 3.05) is 0 Å². The minimum atomic E-state index is -1.01. The fraction of sp³-hybridized carbons (Fsp3) is 0.222. The molecule has 4 heteroatoms. The highest BCUT2D eigenvalue weighted by Gasteiger charge is 2.17. The van der Waals surface area contributed by atoms with Crippen molar-refractivity contribution >= 4 is 28.8 Å². The Labute approximate surface area is 129 Å². The summed E-state index contributed by atoms with van der Waals surface area (Å²) in [6.45, 7) is 4.32. The molecule has 0 saturated carbocycles. The van der Waals surface area contributed by atoms with E-state index in [1.165, 1.54) is 13.8 Å². The maximum atomic E-state index is 11.2. The zero-order valence-corrected chi connectivity index (χ0v) is 12.8. The van der Waals surface area contributed by atoms with Gasteiger partial charge in [0.15, 0.2) is 0 Å². The van der Waals surface area contributed by atoms with Gasteiger partial charge in [-0.1, -0.05) is 42.5 Å². The van der Waals surface area contributed by atoms with Crippen molar-refractivity contribution in [1.82, 2.24) is 0 Å². The summed E-state index contributed by atoms with van der Waals surface area (Å²) in [5.41, 5.74) is 1.61. The predicted octanol–water partition coefficient (Wildman–Crippen LogP) is 3.70. The van der Waals surface area contributed by atoms with Crippen molar-refractivity contribution in [3.05, 3.63) is 53.6 Å². The van der Waals surface area contributed by atoms with Crippen LogP contribution in [0, 0.1) is 0 Å². The van der Waals surface area contributed by atoms with Crippen LogP contribution in [0.1, 0.15) is 26.3 Å². The second kappa shape index (κ2) is 6.89. The first-order valence-corrected chi connectivity index (χ1v) is 6.98. The summed E-state index contributed by atoms with van der Waals surface area (Å²) in [4.78, 5) is 22.3. The molecule has 0 radical (unpaired) electrons. The molecule has 0 atom stereocenters. The molecule has 0 fully saturated rings. The molecule has 0 unspecified atom stereocenters. The van der Waals surface area contributed by atoms with E-state index in [-0.39, 0.29) is 0 Å². The molecule has 2 aromatic rings. The SMILES string of the molecule is CC(=O)OC(OC(C)=O)C(C)=Cc1cccc2ccccc12. The zero-order valence-electron chi connectivity index (χ0n) is 12.8. The van der Waals surface area contributed by atoms with E-state index < -0.39 is 18.2 Å². The van der Waals surface area contributed by atoms with Gasteiger partial charge < -0.3 is 9.47 Å². The van der Waals surface area contributed by atoms with Crippen LogP contribution in [0.3, 0.4) is 0 Å². The lowest BCUT2D eigenvalue weighted by Gasteiger charge is -2.17. The van der Waals surface area contributed by atoms with Crippen LogP contribution in [-0.4, -0.2) is 18.2 Å². The summed E-state index contributed by atoms with van der Waals surface area (Å²) < 4.78 is 10.1. The number of hydrogen-bond donors (Lipinski definition) is 0. The molecular weight excluding hydrogens is 280 g/mol. The third-order valence-electron chi connectivity index (χ3n) is 3.12. The maximum Gasteiger partial charge on any atom is 0.305 e. The smallest absolute Gasteiger partial charge is 0.305 e. The number of carbonyl (C=O) groups excluding carboxylic acids is 2. The highest BCUT2D eigenvalue weighted by atomic mass is 16.7. The van der Waals surface area contributed by atoms with E-state index >= 15 is 0 Å². The molecule has 4 nitrogen and oxygen atoms in total. The van der Waals surface area contributed by atoms with Gasteiger partial charge in [0.25, 0.3) is 6.29 Å². The van der Waals surface area contributed by atoms with Gasteiger partial charge in [0.2, 0.25) is 0 Å². The standard InChI is InChI=1S/C18H18O4/c1-12(18(21-13(2)19)22-14(3)20)11-16-9-6-8-15-7-4-5-10-17(15)16/h4-11,18H,1-3H3. The molecule has 0 heterocycles. The van der Waals surface area contributed by atoms with Gasteiger partial charge in [-0.2, -0.15) is 0 Å². The minimum Gasteiger partial charge on any atom is -0.421 e. The van der Waals surface area contributed by atoms with Crippen LogP contribution in [0.25, 0.3) is 16.8 Å². The van der Waals surface area contributed by atoms with Crippen LogP contribution in [0.5, 0.6) is 0 Å². The summed E-state index contributed by atoms with van der Waals surface area (Å²) >= 11 is 0. The highest BCUT2D eigenvalue weighted by Crippen LogP contribution is 2.22. The van der Waals surface area contributed by atoms with Crippen LogP contribution < -0.4 is 0 Å². The summed E-state index contributed by atoms with van der Waals surface area (Å²) in [6.07, 6.45) is 0.854. The van der Waals surface area contributed by atoms with E-state index in [2.05, 4.69) is 0 Å². The third-order valence-corrected chi connectivity index (χ3v) is 3.12. The van der Waals surface area contributed by atoms with E-state index in [9.17, 15) is 9.59 Å². The molecular formula is C18H18O4. The van der Waals surface area contributed by atoms with Gasteiger partial charge in [-0.3, -0.25) is 9.59 Å². The zero-order chi connectivity index (χ0) is 16.1. The monoisotopic (exact) mass is 298 g/mol.